The number of carboxylic acids is 1. The van der Waals surface area contributed by atoms with Gasteiger partial charge in [-0.15, -0.1) is 11.3 Å². The summed E-state index contributed by atoms with van der Waals surface area (Å²) in [5, 5.41) is 12.8. The standard InChI is InChI=1S/C12H15N3O3S/c1-7-3-9-11(14-6-15-12(9)19-7)13-5-8(18-2)4-10(16)17/h3,6,8H,4-5H2,1-2H3,(H,16,17)(H,13,14,15). The minimum atomic E-state index is -0.882. The summed E-state index contributed by atoms with van der Waals surface area (Å²) in [5.41, 5.74) is 0. The Balaban J connectivity index is 2.10. The van der Waals surface area contributed by atoms with Crippen molar-refractivity contribution in [2.45, 2.75) is 19.4 Å². The number of fused-ring (bicyclic) bond motifs is 1. The molecule has 0 radical (unpaired) electrons. The van der Waals surface area contributed by atoms with E-state index < -0.39 is 5.97 Å². The summed E-state index contributed by atoms with van der Waals surface area (Å²) in [7, 11) is 1.50. The first kappa shape index (κ1) is 13.7. The second kappa shape index (κ2) is 5.94. The second-order valence-electron chi connectivity index (χ2n) is 4.13. The van der Waals surface area contributed by atoms with Crippen molar-refractivity contribution >= 4 is 33.3 Å². The SMILES string of the molecule is COC(CNc1ncnc2sc(C)cc12)CC(=O)O. The fraction of sp³-hybridized carbons (Fsp3) is 0.417. The number of carboxylic acid groups (broad SMARTS) is 1. The number of aromatic nitrogens is 2. The van der Waals surface area contributed by atoms with Crippen molar-refractivity contribution < 1.29 is 14.6 Å². The van der Waals surface area contributed by atoms with Crippen LogP contribution in [0.1, 0.15) is 11.3 Å². The number of thiophene rings is 1. The fourth-order valence-corrected chi connectivity index (χ4v) is 2.61. The Morgan fingerprint density at radius 1 is 1.58 bits per heavy atom. The van der Waals surface area contributed by atoms with E-state index >= 15 is 0 Å². The average Bonchev–Trinajstić information content (AvgIpc) is 2.74. The number of methoxy groups -OCH3 is 1. The topological polar surface area (TPSA) is 84.3 Å². The highest BCUT2D eigenvalue weighted by Gasteiger charge is 2.13. The number of carbonyl (C=O) groups is 1. The lowest BCUT2D eigenvalue weighted by atomic mass is 10.2. The molecule has 0 fully saturated rings. The third-order valence-corrected chi connectivity index (χ3v) is 3.64. The van der Waals surface area contributed by atoms with Gasteiger partial charge < -0.3 is 15.2 Å². The number of anilines is 1. The molecule has 1 unspecified atom stereocenters. The van der Waals surface area contributed by atoms with Gasteiger partial charge in [0.25, 0.3) is 0 Å². The molecule has 19 heavy (non-hydrogen) atoms. The molecular formula is C12H15N3O3S. The molecule has 0 aliphatic heterocycles. The maximum absolute atomic E-state index is 10.7. The van der Waals surface area contributed by atoms with E-state index in [-0.39, 0.29) is 12.5 Å². The number of nitrogens with one attached hydrogen (secondary N) is 1. The summed E-state index contributed by atoms with van der Waals surface area (Å²) in [6, 6.07) is 2.02. The maximum atomic E-state index is 10.7. The van der Waals surface area contributed by atoms with Gasteiger partial charge in [-0.25, -0.2) is 9.97 Å². The Morgan fingerprint density at radius 3 is 3.05 bits per heavy atom. The summed E-state index contributed by atoms with van der Waals surface area (Å²) >= 11 is 1.60. The van der Waals surface area contributed by atoms with Crippen LogP contribution in [0.4, 0.5) is 5.82 Å². The quantitative estimate of drug-likeness (QED) is 0.841. The van der Waals surface area contributed by atoms with Gasteiger partial charge in [0, 0.05) is 18.5 Å². The van der Waals surface area contributed by atoms with Crippen LogP contribution in [-0.4, -0.2) is 40.8 Å². The Hall–Kier alpha value is -1.73. The molecule has 0 aliphatic rings. The van der Waals surface area contributed by atoms with E-state index in [0.29, 0.717) is 12.4 Å². The number of hydrogen-bond acceptors (Lipinski definition) is 6. The van der Waals surface area contributed by atoms with E-state index in [1.807, 2.05) is 13.0 Å². The second-order valence-corrected chi connectivity index (χ2v) is 5.37. The van der Waals surface area contributed by atoms with Gasteiger partial charge in [-0.3, -0.25) is 4.79 Å². The highest BCUT2D eigenvalue weighted by molar-refractivity contribution is 7.18. The lowest BCUT2D eigenvalue weighted by Crippen LogP contribution is -2.25. The first-order valence-corrected chi connectivity index (χ1v) is 6.61. The minimum absolute atomic E-state index is 0.0413. The van der Waals surface area contributed by atoms with Gasteiger partial charge in [-0.05, 0) is 13.0 Å². The van der Waals surface area contributed by atoms with Crippen LogP contribution in [0.3, 0.4) is 0 Å². The summed E-state index contributed by atoms with van der Waals surface area (Å²) in [6.45, 7) is 2.41. The highest BCUT2D eigenvalue weighted by atomic mass is 32.1. The summed E-state index contributed by atoms with van der Waals surface area (Å²) in [5.74, 6) is -0.172. The molecule has 7 heteroatoms. The van der Waals surface area contributed by atoms with Crippen LogP contribution in [0.2, 0.25) is 0 Å². The number of rotatable bonds is 6. The zero-order valence-electron chi connectivity index (χ0n) is 10.7. The van der Waals surface area contributed by atoms with E-state index in [1.54, 1.807) is 11.3 Å². The van der Waals surface area contributed by atoms with Crippen LogP contribution < -0.4 is 5.32 Å². The van der Waals surface area contributed by atoms with Gasteiger partial charge in [0.05, 0.1) is 17.9 Å². The zero-order chi connectivity index (χ0) is 13.8. The zero-order valence-corrected chi connectivity index (χ0v) is 11.5. The van der Waals surface area contributed by atoms with Crippen molar-refractivity contribution in [3.05, 3.63) is 17.3 Å². The van der Waals surface area contributed by atoms with E-state index in [4.69, 9.17) is 9.84 Å². The van der Waals surface area contributed by atoms with Crippen LogP contribution in [0.25, 0.3) is 10.2 Å². The summed E-state index contributed by atoms with van der Waals surface area (Å²) in [6.07, 6.45) is 1.07. The molecular weight excluding hydrogens is 266 g/mol. The Kier molecular flexibility index (Phi) is 4.28. The average molecular weight is 281 g/mol. The first-order chi connectivity index (χ1) is 9.10. The number of hydrogen-bond donors (Lipinski definition) is 2. The van der Waals surface area contributed by atoms with Gasteiger partial charge in [0.2, 0.25) is 0 Å². The van der Waals surface area contributed by atoms with Crippen molar-refractivity contribution in [2.24, 2.45) is 0 Å². The molecule has 0 aliphatic carbocycles. The van der Waals surface area contributed by atoms with Crippen LogP contribution in [0, 0.1) is 6.92 Å². The monoisotopic (exact) mass is 281 g/mol. The maximum Gasteiger partial charge on any atom is 0.306 e. The number of aryl methyl sites for hydroxylation is 1. The fourth-order valence-electron chi connectivity index (χ4n) is 1.76. The molecule has 0 saturated heterocycles. The predicted octanol–water partition coefficient (Wildman–Crippen LogP) is 1.90. The molecule has 2 aromatic heterocycles. The van der Waals surface area contributed by atoms with Gasteiger partial charge >= 0.3 is 5.97 Å². The van der Waals surface area contributed by atoms with Crippen molar-refractivity contribution in [3.8, 4) is 0 Å². The van der Waals surface area contributed by atoms with E-state index in [0.717, 1.165) is 15.1 Å². The summed E-state index contributed by atoms with van der Waals surface area (Å²) in [4.78, 5) is 21.1. The van der Waals surface area contributed by atoms with E-state index in [9.17, 15) is 4.79 Å². The Labute approximate surface area is 114 Å². The molecule has 1 atom stereocenters. The molecule has 2 N–H and O–H groups in total. The van der Waals surface area contributed by atoms with Crippen LogP contribution in [0.15, 0.2) is 12.4 Å². The molecule has 2 rings (SSSR count). The predicted molar refractivity (Wildman–Crippen MR) is 73.7 cm³/mol. The van der Waals surface area contributed by atoms with Crippen molar-refractivity contribution in [3.63, 3.8) is 0 Å². The molecule has 0 bridgehead atoms. The molecule has 2 aromatic rings. The molecule has 2 heterocycles. The van der Waals surface area contributed by atoms with Crippen molar-refractivity contribution in [1.82, 2.24) is 9.97 Å². The number of ether oxygens (including phenoxy) is 1. The molecule has 0 spiro atoms. The van der Waals surface area contributed by atoms with Crippen molar-refractivity contribution in [2.75, 3.05) is 19.0 Å². The number of aliphatic carboxylic acids is 1. The first-order valence-electron chi connectivity index (χ1n) is 5.79. The van der Waals surface area contributed by atoms with Crippen LogP contribution >= 0.6 is 11.3 Å². The third kappa shape index (κ3) is 3.39. The van der Waals surface area contributed by atoms with Gasteiger partial charge in [0.1, 0.15) is 17.0 Å². The van der Waals surface area contributed by atoms with Gasteiger partial charge in [-0.1, -0.05) is 0 Å². The minimum Gasteiger partial charge on any atom is -0.481 e. The van der Waals surface area contributed by atoms with Gasteiger partial charge in [0.15, 0.2) is 0 Å². The normalized spacial score (nSPS) is 12.5. The van der Waals surface area contributed by atoms with Crippen molar-refractivity contribution in [1.29, 1.82) is 0 Å². The Bertz CT molecular complexity index is 585. The van der Waals surface area contributed by atoms with Gasteiger partial charge in [-0.2, -0.15) is 0 Å². The van der Waals surface area contributed by atoms with Crippen LogP contribution in [0.5, 0.6) is 0 Å². The Morgan fingerprint density at radius 2 is 2.37 bits per heavy atom. The van der Waals surface area contributed by atoms with Crippen LogP contribution in [-0.2, 0) is 9.53 Å². The largest absolute Gasteiger partial charge is 0.481 e. The molecule has 6 nitrogen and oxygen atoms in total. The highest BCUT2D eigenvalue weighted by Crippen LogP contribution is 2.27. The molecule has 0 saturated carbocycles. The molecule has 0 amide bonds. The molecule has 0 aromatic carbocycles. The lowest BCUT2D eigenvalue weighted by molar-refractivity contribution is -0.139. The number of nitrogens with zero attached hydrogens (tertiary/aromatic N) is 2. The van der Waals surface area contributed by atoms with E-state index in [1.165, 1.54) is 13.4 Å². The van der Waals surface area contributed by atoms with E-state index in [2.05, 4.69) is 15.3 Å². The summed E-state index contributed by atoms with van der Waals surface area (Å²) < 4.78 is 5.12. The lowest BCUT2D eigenvalue weighted by Gasteiger charge is -2.14. The smallest absolute Gasteiger partial charge is 0.306 e. The molecule has 102 valence electrons. The third-order valence-electron chi connectivity index (χ3n) is 2.69.